The average molecular weight is 438 g/mol. The Morgan fingerprint density at radius 1 is 1.18 bits per heavy atom. The van der Waals surface area contributed by atoms with Crippen molar-refractivity contribution >= 4 is 12.2 Å². The first-order valence-electron chi connectivity index (χ1n) is 10.6. The van der Waals surface area contributed by atoms with Crippen molar-refractivity contribution < 1.29 is 9.47 Å². The molecule has 2 aromatic carbocycles. The van der Waals surface area contributed by atoms with Gasteiger partial charge in [0, 0.05) is 6.20 Å². The summed E-state index contributed by atoms with van der Waals surface area (Å²) in [5.41, 5.74) is 4.41. The van der Waals surface area contributed by atoms with Crippen LogP contribution in [-0.2, 0) is 11.3 Å². The monoisotopic (exact) mass is 438 g/mol. The molecule has 164 valence electrons. The fourth-order valence-corrected chi connectivity index (χ4v) is 3.85. The Labute approximate surface area is 191 Å². The molecule has 0 saturated heterocycles. The SMILES string of the molecule is COc1cc(/C=C/c2nc3n(n2)CCO[C@H]3c2ccc(C#N)cc2)ccc1-n1cnc(C)c1. The van der Waals surface area contributed by atoms with E-state index in [0.29, 0.717) is 24.5 Å². The van der Waals surface area contributed by atoms with E-state index in [1.807, 2.05) is 64.9 Å². The van der Waals surface area contributed by atoms with E-state index in [9.17, 15) is 0 Å². The van der Waals surface area contributed by atoms with Gasteiger partial charge in [0.05, 0.1) is 49.6 Å². The van der Waals surface area contributed by atoms with E-state index < -0.39 is 0 Å². The van der Waals surface area contributed by atoms with E-state index in [1.165, 1.54) is 0 Å². The molecule has 0 radical (unpaired) electrons. The molecule has 0 bridgehead atoms. The molecule has 0 fully saturated rings. The van der Waals surface area contributed by atoms with Crippen LogP contribution in [0.1, 0.15) is 40.1 Å². The molecule has 1 aliphatic heterocycles. The Morgan fingerprint density at radius 3 is 2.76 bits per heavy atom. The zero-order chi connectivity index (χ0) is 22.8. The van der Waals surface area contributed by atoms with E-state index in [0.717, 1.165) is 34.1 Å². The van der Waals surface area contributed by atoms with Crippen molar-refractivity contribution in [2.45, 2.75) is 19.6 Å². The lowest BCUT2D eigenvalue weighted by Crippen LogP contribution is -2.23. The number of fused-ring (bicyclic) bond motifs is 1. The number of benzene rings is 2. The van der Waals surface area contributed by atoms with Crippen LogP contribution >= 0.6 is 0 Å². The highest BCUT2D eigenvalue weighted by atomic mass is 16.5. The smallest absolute Gasteiger partial charge is 0.174 e. The third kappa shape index (κ3) is 4.14. The largest absolute Gasteiger partial charge is 0.495 e. The molecule has 8 nitrogen and oxygen atoms in total. The van der Waals surface area contributed by atoms with Crippen LogP contribution in [0.4, 0.5) is 0 Å². The Morgan fingerprint density at radius 2 is 2.03 bits per heavy atom. The van der Waals surface area contributed by atoms with Gasteiger partial charge in [-0.25, -0.2) is 14.6 Å². The molecule has 0 amide bonds. The van der Waals surface area contributed by atoms with Crippen LogP contribution in [0.25, 0.3) is 17.8 Å². The average Bonchev–Trinajstić information content (AvgIpc) is 3.48. The fourth-order valence-electron chi connectivity index (χ4n) is 3.85. The second-order valence-corrected chi connectivity index (χ2v) is 7.72. The Kier molecular flexibility index (Phi) is 5.47. The van der Waals surface area contributed by atoms with Crippen LogP contribution in [0.2, 0.25) is 0 Å². The Bertz CT molecular complexity index is 1360. The predicted octanol–water partition coefficient (Wildman–Crippen LogP) is 3.94. The third-order valence-corrected chi connectivity index (χ3v) is 5.50. The van der Waals surface area contributed by atoms with Crippen LogP contribution < -0.4 is 4.74 Å². The maximum Gasteiger partial charge on any atom is 0.174 e. The molecular formula is C25H22N6O2. The molecule has 33 heavy (non-hydrogen) atoms. The van der Waals surface area contributed by atoms with Crippen LogP contribution in [0.5, 0.6) is 5.75 Å². The number of rotatable bonds is 5. The van der Waals surface area contributed by atoms with Gasteiger partial charge in [-0.2, -0.15) is 10.4 Å². The minimum Gasteiger partial charge on any atom is -0.495 e. The van der Waals surface area contributed by atoms with Gasteiger partial charge in [-0.15, -0.1) is 0 Å². The minimum absolute atomic E-state index is 0.306. The Hall–Kier alpha value is -4.22. The number of imidazole rings is 1. The quantitative estimate of drug-likeness (QED) is 0.469. The van der Waals surface area contributed by atoms with E-state index in [-0.39, 0.29) is 6.10 Å². The van der Waals surface area contributed by atoms with Crippen molar-refractivity contribution in [3.63, 3.8) is 0 Å². The maximum atomic E-state index is 9.03. The summed E-state index contributed by atoms with van der Waals surface area (Å²) in [5, 5.41) is 13.7. The van der Waals surface area contributed by atoms with E-state index in [2.05, 4.69) is 16.2 Å². The van der Waals surface area contributed by atoms with Gasteiger partial charge in [0.15, 0.2) is 11.6 Å². The number of hydrogen-bond acceptors (Lipinski definition) is 6. The fraction of sp³-hybridized carbons (Fsp3) is 0.200. The van der Waals surface area contributed by atoms with Crippen molar-refractivity contribution in [1.82, 2.24) is 24.3 Å². The lowest BCUT2D eigenvalue weighted by molar-refractivity contribution is 0.0390. The van der Waals surface area contributed by atoms with Gasteiger partial charge < -0.3 is 14.0 Å². The second-order valence-electron chi connectivity index (χ2n) is 7.72. The first kappa shape index (κ1) is 20.7. The summed E-state index contributed by atoms with van der Waals surface area (Å²) in [6.45, 7) is 3.15. The summed E-state index contributed by atoms with van der Waals surface area (Å²) in [6.07, 6.45) is 7.27. The first-order valence-corrected chi connectivity index (χ1v) is 10.6. The molecule has 8 heteroatoms. The number of ether oxygens (including phenoxy) is 2. The number of aryl methyl sites for hydroxylation is 1. The van der Waals surface area contributed by atoms with Crippen molar-refractivity contribution in [3.05, 3.63) is 89.0 Å². The number of aromatic nitrogens is 5. The highest BCUT2D eigenvalue weighted by Gasteiger charge is 2.26. The Balaban J connectivity index is 1.40. The molecule has 5 rings (SSSR count). The molecule has 0 N–H and O–H groups in total. The normalized spacial score (nSPS) is 15.4. The summed E-state index contributed by atoms with van der Waals surface area (Å²) >= 11 is 0. The van der Waals surface area contributed by atoms with Gasteiger partial charge in [0.2, 0.25) is 0 Å². The summed E-state index contributed by atoms with van der Waals surface area (Å²) in [6, 6.07) is 15.5. The van der Waals surface area contributed by atoms with Crippen molar-refractivity contribution in [1.29, 1.82) is 5.26 Å². The summed E-state index contributed by atoms with van der Waals surface area (Å²) < 4.78 is 15.4. The lowest BCUT2D eigenvalue weighted by Gasteiger charge is -2.23. The maximum absolute atomic E-state index is 9.03. The number of methoxy groups -OCH3 is 1. The molecule has 0 unspecified atom stereocenters. The van der Waals surface area contributed by atoms with Gasteiger partial charge in [0.1, 0.15) is 11.9 Å². The van der Waals surface area contributed by atoms with Crippen molar-refractivity contribution in [2.75, 3.05) is 13.7 Å². The van der Waals surface area contributed by atoms with E-state index in [1.54, 1.807) is 25.6 Å². The molecule has 0 saturated carbocycles. The topological polar surface area (TPSA) is 90.8 Å². The van der Waals surface area contributed by atoms with Gasteiger partial charge in [-0.3, -0.25) is 0 Å². The standard InChI is InChI=1S/C25H22N6O2/c1-17-15-30(16-27-17)21-9-5-18(13-22(21)32-2)6-10-23-28-25-24(33-12-11-31(25)29-23)20-7-3-19(14-26)4-8-20/h3-10,13,15-16,24H,11-12H2,1-2H3/b10-6+/t24-/m0/s1. The molecule has 0 spiro atoms. The van der Waals surface area contributed by atoms with Crippen molar-refractivity contribution in [2.24, 2.45) is 0 Å². The number of nitriles is 1. The lowest BCUT2D eigenvalue weighted by atomic mass is 10.1. The molecule has 1 atom stereocenters. The van der Waals surface area contributed by atoms with Crippen LogP contribution in [0.3, 0.4) is 0 Å². The predicted molar refractivity (Wildman–Crippen MR) is 123 cm³/mol. The van der Waals surface area contributed by atoms with Crippen LogP contribution in [-0.4, -0.2) is 38.0 Å². The summed E-state index contributed by atoms with van der Waals surface area (Å²) in [7, 11) is 1.66. The van der Waals surface area contributed by atoms with E-state index in [4.69, 9.17) is 19.7 Å². The minimum atomic E-state index is -0.306. The first-order chi connectivity index (χ1) is 16.1. The molecule has 0 aliphatic carbocycles. The van der Waals surface area contributed by atoms with Gasteiger partial charge in [-0.1, -0.05) is 24.3 Å². The zero-order valence-corrected chi connectivity index (χ0v) is 18.3. The van der Waals surface area contributed by atoms with Gasteiger partial charge >= 0.3 is 0 Å². The van der Waals surface area contributed by atoms with Gasteiger partial charge in [-0.05, 0) is 48.4 Å². The number of hydrogen-bond donors (Lipinski definition) is 0. The van der Waals surface area contributed by atoms with E-state index >= 15 is 0 Å². The molecular weight excluding hydrogens is 416 g/mol. The van der Waals surface area contributed by atoms with Gasteiger partial charge in [0.25, 0.3) is 0 Å². The molecule has 2 aromatic heterocycles. The highest BCUT2D eigenvalue weighted by Crippen LogP contribution is 2.29. The summed E-state index contributed by atoms with van der Waals surface area (Å²) in [4.78, 5) is 8.99. The second kappa shape index (κ2) is 8.73. The summed E-state index contributed by atoms with van der Waals surface area (Å²) in [5.74, 6) is 2.12. The molecule has 1 aliphatic rings. The zero-order valence-electron chi connectivity index (χ0n) is 18.3. The number of nitrogens with zero attached hydrogens (tertiary/aromatic N) is 6. The van der Waals surface area contributed by atoms with Crippen LogP contribution in [0.15, 0.2) is 55.0 Å². The van der Waals surface area contributed by atoms with Crippen LogP contribution in [0, 0.1) is 18.3 Å². The highest BCUT2D eigenvalue weighted by molar-refractivity contribution is 5.69. The molecule has 3 heterocycles. The third-order valence-electron chi connectivity index (χ3n) is 5.50. The molecule has 4 aromatic rings. The van der Waals surface area contributed by atoms with Crippen molar-refractivity contribution in [3.8, 4) is 17.5 Å².